The van der Waals surface area contributed by atoms with E-state index in [2.05, 4.69) is 94.2 Å². The third-order valence-corrected chi connectivity index (χ3v) is 17.9. The summed E-state index contributed by atoms with van der Waals surface area (Å²) in [5.74, 6) is 2.70. The number of aromatic amines is 3. The van der Waals surface area contributed by atoms with E-state index in [0.29, 0.717) is 44.3 Å². The minimum absolute atomic E-state index is 0.0116. The van der Waals surface area contributed by atoms with Crippen molar-refractivity contribution >= 4 is 105 Å². The molecule has 29 nitrogen and oxygen atoms in total. The lowest BCUT2D eigenvalue weighted by Gasteiger charge is -2.28. The summed E-state index contributed by atoms with van der Waals surface area (Å²) in [7, 11) is 0. The zero-order valence-electron chi connectivity index (χ0n) is 68.8. The Kier molecular flexibility index (Phi) is 45.3. The highest BCUT2D eigenvalue weighted by atomic mass is 35.5. The maximum Gasteiger partial charge on any atom is 0.329 e. The maximum absolute atomic E-state index is 12.2. The zero-order valence-corrected chi connectivity index (χ0v) is 71.1. The third-order valence-electron chi connectivity index (χ3n) is 17.0. The van der Waals surface area contributed by atoms with E-state index in [-0.39, 0.29) is 111 Å². The fourth-order valence-electron chi connectivity index (χ4n) is 9.46. The van der Waals surface area contributed by atoms with E-state index in [1.807, 2.05) is 96.3 Å². The SMILES string of the molecule is CC(C)/C(=C/n1cc[nH]c1=O)c1ccccc1.CC(C)C(=O)Cn1cc[nH]c1=O.CC(C)C(=O)N=c1c(Cl)cn(O)cc1Cl.CC(C)C(=O)NC(CF)C(=O)NO.CC(C)C(=O)Nc1ccncc1Cl.CC(C)C(C#Cc1ccccc1)CC(=O)O.CC(C)C(C)Cn1cc[nH]c1=O.CC(C)C(CC(=O)O)N1C(=O)c2ccccc2C1=O. The van der Waals surface area contributed by atoms with Crippen LogP contribution in [0.25, 0.3) is 11.8 Å². The summed E-state index contributed by atoms with van der Waals surface area (Å²) in [4.78, 5) is 151. The Balaban J connectivity index is 0.000000456. The average Bonchev–Trinajstić information content (AvgIpc) is 1.62. The number of amides is 6. The number of aromatic nitrogens is 8. The Morgan fingerprint density at radius 1 is 0.581 bits per heavy atom. The molecule has 9 rings (SSSR count). The van der Waals surface area contributed by atoms with Crippen molar-refractivity contribution < 1.29 is 68.2 Å². The monoisotopic (exact) mass is 1680 g/mol. The number of carbonyl (C=O) groups is 9. The largest absolute Gasteiger partial charge is 0.481 e. The highest BCUT2D eigenvalue weighted by Gasteiger charge is 2.41. The first kappa shape index (κ1) is 102. The molecule has 33 heteroatoms. The Morgan fingerprint density at radius 2 is 1.09 bits per heavy atom. The minimum atomic E-state index is -1.32. The van der Waals surface area contributed by atoms with Crippen LogP contribution in [-0.4, -0.2) is 136 Å². The van der Waals surface area contributed by atoms with Crippen LogP contribution in [0, 0.1) is 71.0 Å². The van der Waals surface area contributed by atoms with Gasteiger partial charge in [0.05, 0.1) is 69.7 Å². The number of carbonyl (C=O) groups excluding carboxylic acids is 7. The number of imide groups is 1. The molecule has 117 heavy (non-hydrogen) atoms. The predicted octanol–water partition coefficient (Wildman–Crippen LogP) is 13.3. The number of H-pyrrole nitrogens is 3. The van der Waals surface area contributed by atoms with Gasteiger partial charge in [0.2, 0.25) is 17.7 Å². The van der Waals surface area contributed by atoms with Gasteiger partial charge in [-0.1, -0.05) is 225 Å². The van der Waals surface area contributed by atoms with Crippen molar-refractivity contribution in [2.24, 2.45) is 64.2 Å². The topological polar surface area (TPSA) is 417 Å². The number of Topliss-reactive ketones (excluding diaryl/α,β-unsaturated/α-hetero) is 1. The maximum atomic E-state index is 12.2. The number of aliphatic carboxylic acids is 2. The quantitative estimate of drug-likeness (QED) is 0.00935. The molecule has 634 valence electrons. The van der Waals surface area contributed by atoms with Crippen molar-refractivity contribution in [1.29, 1.82) is 0 Å². The summed E-state index contributed by atoms with van der Waals surface area (Å²) in [6.45, 7) is 32.2. The van der Waals surface area contributed by atoms with E-state index < -0.39 is 54.3 Å². The van der Waals surface area contributed by atoms with Crippen molar-refractivity contribution in [3.63, 3.8) is 0 Å². The molecular formula is C84H109Cl3FN13O16. The van der Waals surface area contributed by atoms with E-state index in [9.17, 15) is 61.9 Å². The number of anilines is 1. The summed E-state index contributed by atoms with van der Waals surface area (Å²) in [5, 5.41) is 40.7. The number of fused-ring (bicyclic) bond motifs is 1. The molecule has 1 aliphatic heterocycles. The van der Waals surface area contributed by atoms with Crippen molar-refractivity contribution in [2.45, 2.75) is 156 Å². The van der Waals surface area contributed by atoms with Crippen LogP contribution >= 0.6 is 34.8 Å². The number of imidazole rings is 3. The molecule has 0 fully saturated rings. The molecular weight excluding hydrogens is 1570 g/mol. The number of nitrogens with zero attached hydrogens (tertiary/aromatic N) is 7. The lowest BCUT2D eigenvalue weighted by atomic mass is 9.93. The second-order valence-electron chi connectivity index (χ2n) is 29.1. The molecule has 10 N–H and O–H groups in total. The number of allylic oxidation sites excluding steroid dienone is 1. The number of ketones is 1. The normalized spacial score (nSPS) is 12.3. The number of benzene rings is 3. The van der Waals surface area contributed by atoms with Crippen LogP contribution < -0.4 is 38.5 Å². The Labute approximate surface area is 694 Å². The number of rotatable bonds is 23. The highest BCUT2D eigenvalue weighted by Crippen LogP contribution is 2.29. The molecule has 0 bridgehead atoms. The van der Waals surface area contributed by atoms with E-state index in [1.54, 1.807) is 118 Å². The molecule has 0 saturated heterocycles. The average molecular weight is 1680 g/mol. The van der Waals surface area contributed by atoms with Crippen molar-refractivity contribution in [1.82, 2.24) is 54.1 Å². The summed E-state index contributed by atoms with van der Waals surface area (Å²) >= 11 is 17.3. The number of carboxylic acid groups (broad SMARTS) is 2. The van der Waals surface area contributed by atoms with Gasteiger partial charge in [0.15, 0.2) is 5.78 Å². The summed E-state index contributed by atoms with van der Waals surface area (Å²) in [6, 6.07) is 26.0. The number of carboxylic acids is 2. The molecule has 1 aliphatic rings. The molecule has 3 aromatic carbocycles. The minimum Gasteiger partial charge on any atom is -0.481 e. The van der Waals surface area contributed by atoms with Crippen LogP contribution in [0.15, 0.2) is 172 Å². The van der Waals surface area contributed by atoms with E-state index in [4.69, 9.17) is 55.4 Å². The third kappa shape index (κ3) is 36.5. The van der Waals surface area contributed by atoms with Gasteiger partial charge in [-0.3, -0.25) is 71.9 Å². The van der Waals surface area contributed by atoms with Gasteiger partial charge in [0.25, 0.3) is 17.7 Å². The summed E-state index contributed by atoms with van der Waals surface area (Å²) < 4.78 is 17.5. The predicted molar refractivity (Wildman–Crippen MR) is 449 cm³/mol. The highest BCUT2D eigenvalue weighted by molar-refractivity contribution is 6.34. The molecule has 6 amide bonds. The van der Waals surface area contributed by atoms with Crippen molar-refractivity contribution in [3.8, 4) is 11.8 Å². The van der Waals surface area contributed by atoms with E-state index in [0.717, 1.165) is 28.1 Å². The van der Waals surface area contributed by atoms with Gasteiger partial charge < -0.3 is 41.0 Å². The number of hydrogen-bond acceptors (Lipinski definition) is 15. The summed E-state index contributed by atoms with van der Waals surface area (Å²) in [5.41, 5.74) is 5.44. The van der Waals surface area contributed by atoms with Crippen molar-refractivity contribution in [2.75, 3.05) is 12.0 Å². The fourth-order valence-corrected chi connectivity index (χ4v) is 10.2. The molecule has 5 aromatic heterocycles. The molecule has 8 aromatic rings. The van der Waals surface area contributed by atoms with E-state index >= 15 is 0 Å². The standard InChI is InChI=1S/C14H16N2O.C14H15NO4.C14H16O2.C9H10Cl2N2O2.C9H11ClN2O.C9H16N2O.C8H12N2O2.C7H13FN2O3/c1-11(2)13(12-6-4-3-5-7-12)10-16-9-8-15-14(16)17;1-8(2)11(7-12(16)17)15-13(18)9-5-3-4-6-10(9)14(15)19;1-11(2)13(10-14(15)16)9-8-12-6-4-3-5-7-12;1-5(2)9(14)12-8-6(10)3-13(15)4-7(8)11;1-6(2)9(13)12-8-3-4-11-5-7(8)10;1-7(2)8(3)6-11-5-4-10-9(11)12;1-6(2)7(11)5-10-4-3-9-8(10)12;1-4(2)6(11)9-5(3-8)7(12)10-13/h3-11H,1-2H3,(H,15,17);3-6,8,11H,7H2,1-2H3,(H,16,17);3-7,11,13H,10H2,1-2H3,(H,15,16);3-5,15H,1-2H3;3-6H,1-2H3,(H,11,12,13);4-5,7-8H,6H2,1-3H3,(H,10,12);3-4,6H,5H2,1-2H3,(H,9,12);4-5,13H,3H2,1-2H3,(H,9,11)(H,10,12)/b13-10-;;;;;;;. The first-order valence-corrected chi connectivity index (χ1v) is 38.7. The number of nitrogens with one attached hydrogen (secondary N) is 6. The number of hydroxylamine groups is 1. The van der Waals surface area contributed by atoms with Crippen LogP contribution in [0.4, 0.5) is 10.1 Å². The Bertz CT molecular complexity index is 4810. The number of halogens is 4. The Morgan fingerprint density at radius 3 is 1.50 bits per heavy atom. The van der Waals surface area contributed by atoms with Gasteiger partial charge in [-0.2, -0.15) is 4.73 Å². The lowest BCUT2D eigenvalue weighted by Crippen LogP contribution is -2.48. The second kappa shape index (κ2) is 52.1. The van der Waals surface area contributed by atoms with Gasteiger partial charge >= 0.3 is 29.0 Å². The molecule has 6 heterocycles. The molecule has 0 radical (unpaired) electrons. The lowest BCUT2D eigenvalue weighted by molar-refractivity contribution is -0.139. The van der Waals surface area contributed by atoms with Crippen LogP contribution in [0.1, 0.15) is 162 Å². The number of hydrogen-bond donors (Lipinski definition) is 10. The molecule has 0 saturated carbocycles. The van der Waals surface area contributed by atoms with Gasteiger partial charge in [0, 0.05) is 97.5 Å². The van der Waals surface area contributed by atoms with Crippen LogP contribution in [0.3, 0.4) is 0 Å². The first-order chi connectivity index (χ1) is 55.0. The van der Waals surface area contributed by atoms with Crippen molar-refractivity contribution in [3.05, 3.63) is 227 Å². The molecule has 0 aliphatic carbocycles. The zero-order chi connectivity index (χ0) is 88.5. The molecule has 4 atom stereocenters. The van der Waals surface area contributed by atoms with Gasteiger partial charge in [-0.25, -0.2) is 29.2 Å². The van der Waals surface area contributed by atoms with E-state index in [1.165, 1.54) is 34.8 Å². The van der Waals surface area contributed by atoms with Gasteiger partial charge in [-0.15, -0.1) is 0 Å². The first-order valence-electron chi connectivity index (χ1n) is 37.5. The summed E-state index contributed by atoms with van der Waals surface area (Å²) in [6.07, 6.45) is 17.2. The van der Waals surface area contributed by atoms with Crippen LogP contribution in [-0.2, 0) is 46.7 Å². The van der Waals surface area contributed by atoms with Gasteiger partial charge in [-0.05, 0) is 71.1 Å². The fraction of sp³-hybridized carbons (Fsp3) is 0.405. The molecule has 0 spiro atoms. The smallest absolute Gasteiger partial charge is 0.329 e. The van der Waals surface area contributed by atoms with Crippen LogP contribution in [0.5, 0.6) is 0 Å². The Hall–Kier alpha value is -11.5. The number of alkyl halides is 1. The molecule has 4 unspecified atom stereocenters. The van der Waals surface area contributed by atoms with Gasteiger partial charge in [0.1, 0.15) is 18.1 Å². The second-order valence-corrected chi connectivity index (χ2v) is 30.3. The number of pyridine rings is 2. The van der Waals surface area contributed by atoms with Crippen LogP contribution in [0.2, 0.25) is 15.1 Å².